The van der Waals surface area contributed by atoms with Gasteiger partial charge in [-0.2, -0.15) is 0 Å². The van der Waals surface area contributed by atoms with E-state index in [-0.39, 0.29) is 0 Å². The van der Waals surface area contributed by atoms with Gasteiger partial charge in [0, 0.05) is 24.4 Å². The quantitative estimate of drug-likeness (QED) is 0.929. The van der Waals surface area contributed by atoms with Gasteiger partial charge in [-0.15, -0.1) is 0 Å². The zero-order valence-corrected chi connectivity index (χ0v) is 12.5. The number of carbonyl (C=O) groups is 1. The fourth-order valence-electron chi connectivity index (χ4n) is 3.32. The Morgan fingerprint density at radius 1 is 1.09 bits per heavy atom. The highest BCUT2D eigenvalue weighted by molar-refractivity contribution is 5.67. The van der Waals surface area contributed by atoms with Crippen LogP contribution in [0.5, 0.6) is 0 Å². The first-order chi connectivity index (χ1) is 10.7. The first-order valence-electron chi connectivity index (χ1n) is 7.80. The van der Waals surface area contributed by atoms with Crippen LogP contribution in [-0.4, -0.2) is 21.0 Å². The number of hydrogen-bond donors (Lipinski definition) is 1. The average molecular weight is 296 g/mol. The highest BCUT2D eigenvalue weighted by atomic mass is 16.4. The first kappa shape index (κ1) is 14.7. The molecular formula is C18H20N2O2. The Bertz CT molecular complexity index is 617. The van der Waals surface area contributed by atoms with Crippen molar-refractivity contribution in [3.63, 3.8) is 0 Å². The summed E-state index contributed by atoms with van der Waals surface area (Å²) in [5.41, 5.74) is 3.32. The van der Waals surface area contributed by atoms with Crippen molar-refractivity contribution in [1.29, 1.82) is 0 Å². The molecule has 1 saturated carbocycles. The number of aliphatic carboxylic acids is 1. The van der Waals surface area contributed by atoms with Crippen LogP contribution in [0.2, 0.25) is 0 Å². The third-order valence-corrected chi connectivity index (χ3v) is 4.55. The summed E-state index contributed by atoms with van der Waals surface area (Å²) in [6.07, 6.45) is 9.67. The summed E-state index contributed by atoms with van der Waals surface area (Å²) in [7, 11) is 0. The summed E-state index contributed by atoms with van der Waals surface area (Å²) in [6, 6.07) is 8.55. The van der Waals surface area contributed by atoms with Crippen LogP contribution in [0.1, 0.15) is 43.6 Å². The van der Waals surface area contributed by atoms with Gasteiger partial charge in [-0.25, -0.2) is 0 Å². The van der Waals surface area contributed by atoms with Crippen molar-refractivity contribution in [2.24, 2.45) is 5.92 Å². The van der Waals surface area contributed by atoms with E-state index in [2.05, 4.69) is 34.2 Å². The molecule has 1 aliphatic rings. The van der Waals surface area contributed by atoms with Gasteiger partial charge in [0.15, 0.2) is 0 Å². The molecule has 0 radical (unpaired) electrons. The minimum atomic E-state index is -0.670. The third-order valence-electron chi connectivity index (χ3n) is 4.55. The molecular weight excluding hydrogens is 276 g/mol. The number of nitrogens with zero attached hydrogens (tertiary/aromatic N) is 2. The van der Waals surface area contributed by atoms with Crippen molar-refractivity contribution in [1.82, 2.24) is 9.97 Å². The van der Waals surface area contributed by atoms with Gasteiger partial charge in [0.1, 0.15) is 0 Å². The molecule has 114 valence electrons. The summed E-state index contributed by atoms with van der Waals surface area (Å²) in [5.74, 6) is 0.241. The van der Waals surface area contributed by atoms with E-state index in [4.69, 9.17) is 5.11 Å². The molecule has 0 atom stereocenters. The number of carboxylic acid groups (broad SMARTS) is 1. The lowest BCUT2D eigenvalue weighted by molar-refractivity contribution is -0.138. The van der Waals surface area contributed by atoms with Crippen molar-refractivity contribution in [3.05, 3.63) is 48.4 Å². The molecule has 1 heterocycles. The van der Waals surface area contributed by atoms with Crippen LogP contribution in [0.15, 0.2) is 42.9 Å². The molecule has 0 bridgehead atoms. The maximum Gasteiger partial charge on any atom is 0.303 e. The largest absolute Gasteiger partial charge is 0.481 e. The molecule has 0 spiro atoms. The Labute approximate surface area is 130 Å². The van der Waals surface area contributed by atoms with Crippen LogP contribution in [0, 0.1) is 5.92 Å². The van der Waals surface area contributed by atoms with Crippen molar-refractivity contribution >= 4 is 5.97 Å². The van der Waals surface area contributed by atoms with Gasteiger partial charge < -0.3 is 5.11 Å². The normalized spacial score (nSPS) is 21.5. The molecule has 0 unspecified atom stereocenters. The molecule has 0 saturated heterocycles. The van der Waals surface area contributed by atoms with E-state index in [1.54, 1.807) is 18.6 Å². The molecule has 1 aromatic heterocycles. The molecule has 1 aromatic carbocycles. The van der Waals surface area contributed by atoms with Crippen LogP contribution >= 0.6 is 0 Å². The van der Waals surface area contributed by atoms with E-state index in [1.165, 1.54) is 5.56 Å². The zero-order valence-electron chi connectivity index (χ0n) is 12.5. The van der Waals surface area contributed by atoms with Crippen molar-refractivity contribution < 1.29 is 9.90 Å². The van der Waals surface area contributed by atoms with Crippen LogP contribution in [0.4, 0.5) is 0 Å². The molecule has 2 aromatic rings. The van der Waals surface area contributed by atoms with Crippen LogP contribution in [0.3, 0.4) is 0 Å². The molecule has 3 rings (SSSR count). The summed E-state index contributed by atoms with van der Waals surface area (Å²) < 4.78 is 0. The lowest BCUT2D eigenvalue weighted by Gasteiger charge is -2.28. The van der Waals surface area contributed by atoms with E-state index < -0.39 is 5.97 Å². The smallest absolute Gasteiger partial charge is 0.303 e. The molecule has 0 amide bonds. The molecule has 22 heavy (non-hydrogen) atoms. The number of benzene rings is 1. The average Bonchev–Trinajstić information content (AvgIpc) is 2.56. The van der Waals surface area contributed by atoms with Gasteiger partial charge in [0.25, 0.3) is 0 Å². The summed E-state index contributed by atoms with van der Waals surface area (Å²) in [5, 5.41) is 8.88. The van der Waals surface area contributed by atoms with E-state index in [0.29, 0.717) is 18.3 Å². The molecule has 1 fully saturated rings. The summed E-state index contributed by atoms with van der Waals surface area (Å²) in [6.45, 7) is 0. The standard InChI is InChI=1S/C18H20N2O2/c21-18(22)11-13-1-3-14(4-2-13)15-5-7-16(8-6-15)17-12-19-9-10-20-17/h5-10,12-14H,1-4,11H2,(H,21,22). The molecule has 4 heteroatoms. The second kappa shape index (κ2) is 6.69. The number of aromatic nitrogens is 2. The number of hydrogen-bond acceptors (Lipinski definition) is 3. The minimum Gasteiger partial charge on any atom is -0.481 e. The summed E-state index contributed by atoms with van der Waals surface area (Å²) >= 11 is 0. The topological polar surface area (TPSA) is 63.1 Å². The summed E-state index contributed by atoms with van der Waals surface area (Å²) in [4.78, 5) is 19.2. The second-order valence-electron chi connectivity index (χ2n) is 6.03. The molecule has 4 nitrogen and oxygen atoms in total. The van der Waals surface area contributed by atoms with Crippen LogP contribution < -0.4 is 0 Å². The minimum absolute atomic E-state index is 0.318. The van der Waals surface area contributed by atoms with Gasteiger partial charge in [-0.3, -0.25) is 14.8 Å². The highest BCUT2D eigenvalue weighted by Crippen LogP contribution is 2.37. The second-order valence-corrected chi connectivity index (χ2v) is 6.03. The van der Waals surface area contributed by atoms with E-state index in [9.17, 15) is 4.79 Å². The van der Waals surface area contributed by atoms with E-state index in [1.807, 2.05) is 0 Å². The highest BCUT2D eigenvalue weighted by Gasteiger charge is 2.23. The maximum absolute atomic E-state index is 10.8. The number of rotatable bonds is 4. The predicted molar refractivity (Wildman–Crippen MR) is 84.4 cm³/mol. The van der Waals surface area contributed by atoms with Gasteiger partial charge in [0.05, 0.1) is 11.9 Å². The lowest BCUT2D eigenvalue weighted by Crippen LogP contribution is -2.16. The van der Waals surface area contributed by atoms with Crippen molar-refractivity contribution in [2.75, 3.05) is 0 Å². The maximum atomic E-state index is 10.8. The number of carboxylic acids is 1. The first-order valence-corrected chi connectivity index (χ1v) is 7.80. The Morgan fingerprint density at radius 2 is 1.82 bits per heavy atom. The Morgan fingerprint density at radius 3 is 2.41 bits per heavy atom. The van der Waals surface area contributed by atoms with Crippen LogP contribution in [-0.2, 0) is 4.79 Å². The fraction of sp³-hybridized carbons (Fsp3) is 0.389. The van der Waals surface area contributed by atoms with Gasteiger partial charge in [-0.1, -0.05) is 24.3 Å². The van der Waals surface area contributed by atoms with Gasteiger partial charge in [-0.05, 0) is 43.1 Å². The predicted octanol–water partition coefficient (Wildman–Crippen LogP) is 3.89. The van der Waals surface area contributed by atoms with Gasteiger partial charge in [0.2, 0.25) is 0 Å². The third kappa shape index (κ3) is 3.50. The Balaban J connectivity index is 1.63. The fourth-order valence-corrected chi connectivity index (χ4v) is 3.32. The monoisotopic (exact) mass is 296 g/mol. The Kier molecular flexibility index (Phi) is 4.47. The molecule has 0 aliphatic heterocycles. The SMILES string of the molecule is O=C(O)CC1CCC(c2ccc(-c3cnccn3)cc2)CC1. The Hall–Kier alpha value is -2.23. The van der Waals surface area contributed by atoms with Crippen molar-refractivity contribution in [2.45, 2.75) is 38.0 Å². The lowest BCUT2D eigenvalue weighted by atomic mass is 9.77. The van der Waals surface area contributed by atoms with E-state index >= 15 is 0 Å². The zero-order chi connectivity index (χ0) is 15.4. The van der Waals surface area contributed by atoms with Crippen molar-refractivity contribution in [3.8, 4) is 11.3 Å². The van der Waals surface area contributed by atoms with Crippen LogP contribution in [0.25, 0.3) is 11.3 Å². The molecule has 1 N–H and O–H groups in total. The molecule has 1 aliphatic carbocycles. The van der Waals surface area contributed by atoms with E-state index in [0.717, 1.165) is 36.9 Å². The van der Waals surface area contributed by atoms with Gasteiger partial charge >= 0.3 is 5.97 Å².